The van der Waals surface area contributed by atoms with E-state index in [0.29, 0.717) is 18.1 Å². The fourth-order valence-corrected chi connectivity index (χ4v) is 1.93. The standard InChI is InChI=1S/C12H25NO2/c1-6-13-10-7-11(12(10)14-5)15-9(4)8(2)3/h8-13H,6-7H2,1-5H3. The van der Waals surface area contributed by atoms with E-state index >= 15 is 0 Å². The highest BCUT2D eigenvalue weighted by molar-refractivity contribution is 4.97. The van der Waals surface area contributed by atoms with Gasteiger partial charge >= 0.3 is 0 Å². The molecule has 0 amide bonds. The number of hydrogen-bond acceptors (Lipinski definition) is 3. The van der Waals surface area contributed by atoms with Crippen LogP contribution in [0.1, 0.15) is 34.1 Å². The lowest BCUT2D eigenvalue weighted by Gasteiger charge is -2.45. The molecule has 0 heterocycles. The van der Waals surface area contributed by atoms with E-state index in [-0.39, 0.29) is 12.2 Å². The molecule has 15 heavy (non-hydrogen) atoms. The molecule has 4 unspecified atom stereocenters. The van der Waals surface area contributed by atoms with E-state index < -0.39 is 0 Å². The smallest absolute Gasteiger partial charge is 0.0987 e. The SMILES string of the molecule is CCNC1CC(OC(C)C(C)C)C1OC. The van der Waals surface area contributed by atoms with E-state index in [0.717, 1.165) is 13.0 Å². The van der Waals surface area contributed by atoms with E-state index in [9.17, 15) is 0 Å². The summed E-state index contributed by atoms with van der Waals surface area (Å²) in [4.78, 5) is 0. The molecule has 1 N–H and O–H groups in total. The second kappa shape index (κ2) is 5.83. The molecule has 1 aliphatic rings. The van der Waals surface area contributed by atoms with Gasteiger partial charge in [0.25, 0.3) is 0 Å². The Morgan fingerprint density at radius 3 is 2.47 bits per heavy atom. The lowest BCUT2D eigenvalue weighted by atomic mass is 9.85. The minimum atomic E-state index is 0.228. The van der Waals surface area contributed by atoms with Gasteiger partial charge < -0.3 is 14.8 Å². The van der Waals surface area contributed by atoms with Crippen LogP contribution in [0.15, 0.2) is 0 Å². The Hall–Kier alpha value is -0.120. The average Bonchev–Trinajstić information content (AvgIpc) is 2.16. The molecule has 1 fully saturated rings. The number of methoxy groups -OCH3 is 1. The van der Waals surface area contributed by atoms with Gasteiger partial charge in [0.15, 0.2) is 0 Å². The zero-order valence-electron chi connectivity index (χ0n) is 10.6. The van der Waals surface area contributed by atoms with Gasteiger partial charge in [-0.05, 0) is 25.8 Å². The zero-order chi connectivity index (χ0) is 11.4. The summed E-state index contributed by atoms with van der Waals surface area (Å²) in [7, 11) is 1.77. The van der Waals surface area contributed by atoms with Gasteiger partial charge in [-0.15, -0.1) is 0 Å². The molecule has 0 aromatic rings. The van der Waals surface area contributed by atoms with Crippen LogP contribution in [0.2, 0.25) is 0 Å². The van der Waals surface area contributed by atoms with Crippen molar-refractivity contribution in [1.29, 1.82) is 0 Å². The van der Waals surface area contributed by atoms with Crippen molar-refractivity contribution in [2.24, 2.45) is 5.92 Å². The Bertz CT molecular complexity index is 184. The third kappa shape index (κ3) is 3.16. The van der Waals surface area contributed by atoms with Gasteiger partial charge in [-0.2, -0.15) is 0 Å². The molecule has 0 saturated heterocycles. The van der Waals surface area contributed by atoms with E-state index in [1.165, 1.54) is 0 Å². The predicted octanol–water partition coefficient (Wildman–Crippen LogP) is 1.81. The highest BCUT2D eigenvalue weighted by Crippen LogP contribution is 2.28. The first-order chi connectivity index (χ1) is 7.10. The monoisotopic (exact) mass is 215 g/mol. The van der Waals surface area contributed by atoms with Crippen LogP contribution in [-0.2, 0) is 9.47 Å². The van der Waals surface area contributed by atoms with Crippen molar-refractivity contribution in [2.45, 2.75) is 58.5 Å². The molecular weight excluding hydrogens is 190 g/mol. The summed E-state index contributed by atoms with van der Waals surface area (Å²) in [6.07, 6.45) is 1.89. The van der Waals surface area contributed by atoms with Gasteiger partial charge in [0, 0.05) is 13.2 Å². The third-order valence-corrected chi connectivity index (χ3v) is 3.32. The Labute approximate surface area is 93.5 Å². The van der Waals surface area contributed by atoms with Gasteiger partial charge in [0.2, 0.25) is 0 Å². The largest absolute Gasteiger partial charge is 0.377 e. The molecule has 0 bridgehead atoms. The number of hydrogen-bond donors (Lipinski definition) is 1. The second-order valence-corrected chi connectivity index (χ2v) is 4.72. The van der Waals surface area contributed by atoms with Crippen molar-refractivity contribution in [3.8, 4) is 0 Å². The third-order valence-electron chi connectivity index (χ3n) is 3.32. The van der Waals surface area contributed by atoms with Crippen LogP contribution in [-0.4, -0.2) is 38.0 Å². The van der Waals surface area contributed by atoms with Gasteiger partial charge in [-0.1, -0.05) is 20.8 Å². The molecular formula is C12H25NO2. The first-order valence-corrected chi connectivity index (χ1v) is 6.01. The molecule has 3 nitrogen and oxygen atoms in total. The normalized spacial score (nSPS) is 32.8. The molecule has 1 saturated carbocycles. The summed E-state index contributed by atoms with van der Waals surface area (Å²) < 4.78 is 11.4. The molecule has 90 valence electrons. The van der Waals surface area contributed by atoms with E-state index in [1.807, 2.05) is 0 Å². The van der Waals surface area contributed by atoms with Gasteiger partial charge in [0.05, 0.1) is 18.3 Å². The molecule has 0 radical (unpaired) electrons. The van der Waals surface area contributed by atoms with Crippen molar-refractivity contribution >= 4 is 0 Å². The molecule has 3 heteroatoms. The second-order valence-electron chi connectivity index (χ2n) is 4.72. The minimum Gasteiger partial charge on any atom is -0.377 e. The maximum atomic E-state index is 5.96. The lowest BCUT2D eigenvalue weighted by molar-refractivity contribution is -0.160. The Kier molecular flexibility index (Phi) is 5.03. The average molecular weight is 215 g/mol. The van der Waals surface area contributed by atoms with Gasteiger partial charge in [-0.25, -0.2) is 0 Å². The molecule has 4 atom stereocenters. The number of rotatable bonds is 6. The van der Waals surface area contributed by atoms with Crippen molar-refractivity contribution in [3.63, 3.8) is 0 Å². The van der Waals surface area contributed by atoms with Crippen LogP contribution in [0.5, 0.6) is 0 Å². The first-order valence-electron chi connectivity index (χ1n) is 6.01. The van der Waals surface area contributed by atoms with Crippen molar-refractivity contribution in [3.05, 3.63) is 0 Å². The maximum Gasteiger partial charge on any atom is 0.0987 e. The highest BCUT2D eigenvalue weighted by atomic mass is 16.5. The summed E-state index contributed by atoms with van der Waals surface area (Å²) in [5.41, 5.74) is 0. The quantitative estimate of drug-likeness (QED) is 0.733. The van der Waals surface area contributed by atoms with Gasteiger partial charge in [0.1, 0.15) is 0 Å². The predicted molar refractivity (Wildman–Crippen MR) is 62.1 cm³/mol. The molecule has 0 aromatic heterocycles. The van der Waals surface area contributed by atoms with Crippen molar-refractivity contribution in [2.75, 3.05) is 13.7 Å². The van der Waals surface area contributed by atoms with Crippen LogP contribution in [0.3, 0.4) is 0 Å². The maximum absolute atomic E-state index is 5.96. The van der Waals surface area contributed by atoms with Crippen molar-refractivity contribution in [1.82, 2.24) is 5.32 Å². The molecule has 1 rings (SSSR count). The van der Waals surface area contributed by atoms with Crippen LogP contribution in [0.25, 0.3) is 0 Å². The molecule has 0 spiro atoms. The molecule has 0 aliphatic heterocycles. The van der Waals surface area contributed by atoms with Crippen LogP contribution < -0.4 is 5.32 Å². The van der Waals surface area contributed by atoms with Crippen LogP contribution in [0.4, 0.5) is 0 Å². The summed E-state index contributed by atoms with van der Waals surface area (Å²) >= 11 is 0. The summed E-state index contributed by atoms with van der Waals surface area (Å²) in [5.74, 6) is 0.570. The van der Waals surface area contributed by atoms with Crippen LogP contribution in [0, 0.1) is 5.92 Å². The summed E-state index contributed by atoms with van der Waals surface area (Å²) in [6, 6.07) is 0.476. The zero-order valence-corrected chi connectivity index (χ0v) is 10.6. The Morgan fingerprint density at radius 1 is 1.33 bits per heavy atom. The lowest BCUT2D eigenvalue weighted by Crippen LogP contribution is -2.60. The fourth-order valence-electron chi connectivity index (χ4n) is 1.93. The molecule has 0 aromatic carbocycles. The highest BCUT2D eigenvalue weighted by Gasteiger charge is 2.42. The topological polar surface area (TPSA) is 30.5 Å². The summed E-state index contributed by atoms with van der Waals surface area (Å²) in [5, 5.41) is 3.41. The first kappa shape index (κ1) is 12.9. The minimum absolute atomic E-state index is 0.228. The van der Waals surface area contributed by atoms with E-state index in [1.54, 1.807) is 7.11 Å². The Balaban J connectivity index is 2.33. The fraction of sp³-hybridized carbons (Fsp3) is 1.00. The Morgan fingerprint density at radius 2 is 2.00 bits per heavy atom. The summed E-state index contributed by atoms with van der Waals surface area (Å²) in [6.45, 7) is 9.63. The van der Waals surface area contributed by atoms with Crippen LogP contribution >= 0.6 is 0 Å². The number of likely N-dealkylation sites (N-methyl/N-ethyl adjacent to an activating group) is 1. The van der Waals surface area contributed by atoms with Gasteiger partial charge in [-0.3, -0.25) is 0 Å². The molecule has 1 aliphatic carbocycles. The number of nitrogens with one attached hydrogen (secondary N) is 1. The van der Waals surface area contributed by atoms with E-state index in [4.69, 9.17) is 9.47 Å². The van der Waals surface area contributed by atoms with E-state index in [2.05, 4.69) is 33.0 Å². The van der Waals surface area contributed by atoms with Crippen molar-refractivity contribution < 1.29 is 9.47 Å². The number of ether oxygens (including phenoxy) is 2.